The molecule has 0 spiro atoms. The van der Waals surface area contributed by atoms with E-state index in [1.807, 2.05) is 11.4 Å². The zero-order chi connectivity index (χ0) is 12.5. The lowest BCUT2D eigenvalue weighted by Gasteiger charge is -1.99. The first kappa shape index (κ1) is 10.7. The second-order valence-corrected chi connectivity index (χ2v) is 4.50. The zero-order valence-corrected chi connectivity index (χ0v) is 9.98. The molecule has 0 aliphatic heterocycles. The van der Waals surface area contributed by atoms with E-state index in [1.54, 1.807) is 18.4 Å². The number of fused-ring (bicyclic) bond motifs is 1. The maximum absolute atomic E-state index is 12.2. The molecule has 0 saturated carbocycles. The smallest absolute Gasteiger partial charge is 0.263 e. The summed E-state index contributed by atoms with van der Waals surface area (Å²) in [6.07, 6.45) is 2.96. The maximum atomic E-state index is 12.2. The Morgan fingerprint density at radius 1 is 1.56 bits per heavy atom. The van der Waals surface area contributed by atoms with Crippen molar-refractivity contribution < 1.29 is 4.42 Å². The summed E-state index contributed by atoms with van der Waals surface area (Å²) < 4.78 is 6.60. The standard InChI is InChI=1S/C12H7N3O2S/c13-3-4-15-7-14-11-10(12(15)16)8(6-18-11)9-2-1-5-17-9/h1-2,5-7H,4H2. The molecule has 3 heterocycles. The van der Waals surface area contributed by atoms with E-state index in [0.29, 0.717) is 16.0 Å². The summed E-state index contributed by atoms with van der Waals surface area (Å²) in [4.78, 5) is 17.1. The Hall–Kier alpha value is -2.39. The van der Waals surface area contributed by atoms with Crippen molar-refractivity contribution in [3.05, 3.63) is 40.5 Å². The third-order valence-electron chi connectivity index (χ3n) is 2.59. The molecule has 0 radical (unpaired) electrons. The largest absolute Gasteiger partial charge is 0.464 e. The lowest BCUT2D eigenvalue weighted by atomic mass is 10.2. The Balaban J connectivity index is 2.33. The Labute approximate surface area is 106 Å². The molecule has 0 aliphatic carbocycles. The minimum absolute atomic E-state index is 0.00475. The molecular formula is C12H7N3O2S. The van der Waals surface area contributed by atoms with Crippen LogP contribution in [0.1, 0.15) is 0 Å². The SMILES string of the molecule is N#CCn1cnc2scc(-c3ccco3)c2c1=O. The Kier molecular flexibility index (Phi) is 2.46. The molecule has 3 aromatic rings. The van der Waals surface area contributed by atoms with Gasteiger partial charge in [0.25, 0.3) is 5.56 Å². The predicted octanol–water partition coefficient (Wildman–Crippen LogP) is 2.24. The third kappa shape index (κ3) is 1.53. The molecule has 6 heteroatoms. The number of aromatic nitrogens is 2. The Morgan fingerprint density at radius 2 is 2.44 bits per heavy atom. The lowest BCUT2D eigenvalue weighted by molar-refractivity contribution is 0.583. The Bertz CT molecular complexity index is 793. The molecule has 3 rings (SSSR count). The molecule has 0 aromatic carbocycles. The summed E-state index contributed by atoms with van der Waals surface area (Å²) in [6.45, 7) is -0.00475. The molecule has 0 N–H and O–H groups in total. The summed E-state index contributed by atoms with van der Waals surface area (Å²) >= 11 is 1.39. The molecule has 0 amide bonds. The molecular weight excluding hydrogens is 250 g/mol. The third-order valence-corrected chi connectivity index (χ3v) is 3.47. The first-order chi connectivity index (χ1) is 8.81. The van der Waals surface area contributed by atoms with Gasteiger partial charge in [-0.1, -0.05) is 0 Å². The fourth-order valence-corrected chi connectivity index (χ4v) is 2.66. The van der Waals surface area contributed by atoms with Crippen molar-refractivity contribution >= 4 is 21.6 Å². The summed E-state index contributed by atoms with van der Waals surface area (Å²) in [5.41, 5.74) is 0.513. The van der Waals surface area contributed by atoms with E-state index in [4.69, 9.17) is 9.68 Å². The average molecular weight is 257 g/mol. The molecule has 0 bridgehead atoms. The van der Waals surface area contributed by atoms with Crippen LogP contribution >= 0.6 is 11.3 Å². The molecule has 3 aromatic heterocycles. The molecule has 5 nitrogen and oxygen atoms in total. The predicted molar refractivity (Wildman–Crippen MR) is 67.2 cm³/mol. The molecule has 0 fully saturated rings. The van der Waals surface area contributed by atoms with Crippen molar-refractivity contribution in [2.75, 3.05) is 0 Å². The summed E-state index contributed by atoms with van der Waals surface area (Å²) in [5.74, 6) is 0.634. The van der Waals surface area contributed by atoms with E-state index in [2.05, 4.69) is 4.98 Å². The topological polar surface area (TPSA) is 71.8 Å². The molecule has 0 unspecified atom stereocenters. The summed E-state index contributed by atoms with van der Waals surface area (Å²) in [7, 11) is 0. The van der Waals surface area contributed by atoms with Crippen LogP contribution < -0.4 is 5.56 Å². The number of nitrogens with zero attached hydrogens (tertiary/aromatic N) is 3. The average Bonchev–Trinajstić information content (AvgIpc) is 3.00. The van der Waals surface area contributed by atoms with Gasteiger partial charge in [0.2, 0.25) is 0 Å². The molecule has 88 valence electrons. The zero-order valence-electron chi connectivity index (χ0n) is 9.16. The Morgan fingerprint density at radius 3 is 3.17 bits per heavy atom. The molecule has 18 heavy (non-hydrogen) atoms. The van der Waals surface area contributed by atoms with E-state index in [1.165, 1.54) is 22.2 Å². The van der Waals surface area contributed by atoms with E-state index in [0.717, 1.165) is 5.56 Å². The second-order valence-electron chi connectivity index (χ2n) is 3.64. The van der Waals surface area contributed by atoms with Gasteiger partial charge in [-0.25, -0.2) is 4.98 Å². The van der Waals surface area contributed by atoms with E-state index in [9.17, 15) is 4.79 Å². The quantitative estimate of drug-likeness (QED) is 0.705. The number of hydrogen-bond donors (Lipinski definition) is 0. The van der Waals surface area contributed by atoms with Crippen LogP contribution in [0.3, 0.4) is 0 Å². The van der Waals surface area contributed by atoms with Gasteiger partial charge in [-0.2, -0.15) is 5.26 Å². The minimum Gasteiger partial charge on any atom is -0.464 e. The minimum atomic E-state index is -0.214. The second kappa shape index (κ2) is 4.13. The van der Waals surface area contributed by atoms with Gasteiger partial charge in [0, 0.05) is 10.9 Å². The van der Waals surface area contributed by atoms with Gasteiger partial charge in [-0.3, -0.25) is 9.36 Å². The molecule has 0 saturated heterocycles. The number of thiophene rings is 1. The van der Waals surface area contributed by atoms with Gasteiger partial charge >= 0.3 is 0 Å². The highest BCUT2D eigenvalue weighted by molar-refractivity contribution is 7.17. The molecule has 0 aliphatic rings. The van der Waals surface area contributed by atoms with Gasteiger partial charge in [-0.05, 0) is 12.1 Å². The van der Waals surface area contributed by atoms with Crippen LogP contribution in [0.4, 0.5) is 0 Å². The highest BCUT2D eigenvalue weighted by atomic mass is 32.1. The van der Waals surface area contributed by atoms with Crippen molar-refractivity contribution in [2.45, 2.75) is 6.54 Å². The van der Waals surface area contributed by atoms with Crippen LogP contribution in [0.2, 0.25) is 0 Å². The fraction of sp³-hybridized carbons (Fsp3) is 0.0833. The number of hydrogen-bond acceptors (Lipinski definition) is 5. The van der Waals surface area contributed by atoms with Crippen LogP contribution in [0.15, 0.2) is 39.3 Å². The van der Waals surface area contributed by atoms with Crippen molar-refractivity contribution in [3.8, 4) is 17.4 Å². The highest BCUT2D eigenvalue weighted by Gasteiger charge is 2.14. The van der Waals surface area contributed by atoms with Crippen LogP contribution in [0.5, 0.6) is 0 Å². The summed E-state index contributed by atoms with van der Waals surface area (Å²) in [6, 6.07) is 5.50. The van der Waals surface area contributed by atoms with Gasteiger partial charge in [0.1, 0.15) is 23.5 Å². The summed E-state index contributed by atoms with van der Waals surface area (Å²) in [5, 5.41) is 11.0. The number of furan rings is 1. The van der Waals surface area contributed by atoms with Gasteiger partial charge in [0.15, 0.2) is 0 Å². The normalized spacial score (nSPS) is 10.6. The van der Waals surface area contributed by atoms with Crippen LogP contribution in [-0.4, -0.2) is 9.55 Å². The van der Waals surface area contributed by atoms with Gasteiger partial charge in [0.05, 0.1) is 17.7 Å². The van der Waals surface area contributed by atoms with E-state index >= 15 is 0 Å². The van der Waals surface area contributed by atoms with Crippen LogP contribution in [0, 0.1) is 11.3 Å². The van der Waals surface area contributed by atoms with Crippen molar-refractivity contribution in [3.63, 3.8) is 0 Å². The molecule has 0 atom stereocenters. The first-order valence-electron chi connectivity index (χ1n) is 5.18. The van der Waals surface area contributed by atoms with E-state index in [-0.39, 0.29) is 12.1 Å². The van der Waals surface area contributed by atoms with E-state index < -0.39 is 0 Å². The van der Waals surface area contributed by atoms with Gasteiger partial charge in [-0.15, -0.1) is 11.3 Å². The van der Waals surface area contributed by atoms with Crippen LogP contribution in [-0.2, 0) is 6.54 Å². The highest BCUT2D eigenvalue weighted by Crippen LogP contribution is 2.30. The van der Waals surface area contributed by atoms with Crippen molar-refractivity contribution in [2.24, 2.45) is 0 Å². The monoisotopic (exact) mass is 257 g/mol. The van der Waals surface area contributed by atoms with Crippen molar-refractivity contribution in [1.29, 1.82) is 5.26 Å². The number of nitriles is 1. The first-order valence-corrected chi connectivity index (χ1v) is 6.06. The fourth-order valence-electron chi connectivity index (χ4n) is 1.77. The lowest BCUT2D eigenvalue weighted by Crippen LogP contribution is -2.19. The van der Waals surface area contributed by atoms with Gasteiger partial charge < -0.3 is 4.42 Å². The van der Waals surface area contributed by atoms with Crippen molar-refractivity contribution in [1.82, 2.24) is 9.55 Å². The number of rotatable bonds is 2. The maximum Gasteiger partial charge on any atom is 0.263 e. The van der Waals surface area contributed by atoms with Crippen LogP contribution in [0.25, 0.3) is 21.5 Å².